The number of nitrogens with two attached hydrogens (primary N) is 1. The highest BCUT2D eigenvalue weighted by atomic mass is 16.2. The lowest BCUT2D eigenvalue weighted by molar-refractivity contribution is -0.132. The molecule has 0 aromatic heterocycles. The fraction of sp³-hybridized carbons (Fsp3) is 0.588. The van der Waals surface area contributed by atoms with Gasteiger partial charge in [-0.15, -0.1) is 0 Å². The number of hydrogen-bond donors (Lipinski definition) is 1. The van der Waals surface area contributed by atoms with Gasteiger partial charge in [0.15, 0.2) is 0 Å². The van der Waals surface area contributed by atoms with Crippen LogP contribution in [0.15, 0.2) is 24.3 Å². The average Bonchev–Trinajstić information content (AvgIpc) is 2.48. The highest BCUT2D eigenvalue weighted by Gasteiger charge is 2.30. The molecule has 0 aliphatic carbocycles. The fourth-order valence-electron chi connectivity index (χ4n) is 2.73. The zero-order valence-corrected chi connectivity index (χ0v) is 12.7. The van der Waals surface area contributed by atoms with Crippen molar-refractivity contribution in [3.05, 3.63) is 35.4 Å². The van der Waals surface area contributed by atoms with E-state index in [0.717, 1.165) is 37.1 Å². The molecule has 1 heterocycles. The van der Waals surface area contributed by atoms with Gasteiger partial charge in [0.1, 0.15) is 0 Å². The second-order valence-corrected chi connectivity index (χ2v) is 6.24. The lowest BCUT2D eigenvalue weighted by Crippen LogP contribution is -2.42. The molecule has 1 aliphatic heterocycles. The second-order valence-electron chi connectivity index (χ2n) is 6.24. The molecule has 1 saturated heterocycles. The summed E-state index contributed by atoms with van der Waals surface area (Å²) in [6.07, 6.45) is 3.96. The van der Waals surface area contributed by atoms with Crippen molar-refractivity contribution >= 4 is 5.91 Å². The summed E-state index contributed by atoms with van der Waals surface area (Å²) in [4.78, 5) is 14.3. The van der Waals surface area contributed by atoms with Crippen molar-refractivity contribution in [1.29, 1.82) is 0 Å². The topological polar surface area (TPSA) is 46.3 Å². The van der Waals surface area contributed by atoms with Crippen LogP contribution in [0.1, 0.15) is 44.2 Å². The third-order valence-electron chi connectivity index (χ3n) is 4.79. The monoisotopic (exact) mass is 274 g/mol. The number of carbonyl (C=O) groups is 1. The molecule has 3 heteroatoms. The molecule has 0 bridgehead atoms. The number of hydrogen-bond acceptors (Lipinski definition) is 2. The molecular formula is C17H26N2O. The van der Waals surface area contributed by atoms with E-state index >= 15 is 0 Å². The highest BCUT2D eigenvalue weighted by molar-refractivity contribution is 5.78. The standard InChI is InChI=1S/C17H26N2O/c1-3-17(2)8-10-19(11-9-17)16(20)12-14-4-6-15(13-18)7-5-14/h4-7H,3,8-13,18H2,1-2H3. The summed E-state index contributed by atoms with van der Waals surface area (Å²) in [6, 6.07) is 8.04. The van der Waals surface area contributed by atoms with Gasteiger partial charge >= 0.3 is 0 Å². The largest absolute Gasteiger partial charge is 0.342 e. The second kappa shape index (κ2) is 6.40. The maximum absolute atomic E-state index is 12.3. The summed E-state index contributed by atoms with van der Waals surface area (Å²) in [5.74, 6) is 0.253. The van der Waals surface area contributed by atoms with E-state index in [1.807, 2.05) is 29.2 Å². The number of carbonyl (C=O) groups excluding carboxylic acids is 1. The van der Waals surface area contributed by atoms with E-state index in [1.54, 1.807) is 0 Å². The average molecular weight is 274 g/mol. The van der Waals surface area contributed by atoms with Crippen LogP contribution in [0.5, 0.6) is 0 Å². The maximum atomic E-state index is 12.3. The van der Waals surface area contributed by atoms with Gasteiger partial charge in [-0.3, -0.25) is 4.79 Å². The van der Waals surface area contributed by atoms with E-state index in [2.05, 4.69) is 13.8 Å². The maximum Gasteiger partial charge on any atom is 0.226 e. The number of benzene rings is 1. The number of amides is 1. The van der Waals surface area contributed by atoms with E-state index in [9.17, 15) is 4.79 Å². The van der Waals surface area contributed by atoms with Crippen molar-refractivity contribution < 1.29 is 4.79 Å². The molecule has 0 saturated carbocycles. The van der Waals surface area contributed by atoms with Crippen molar-refractivity contribution in [3.63, 3.8) is 0 Å². The number of likely N-dealkylation sites (tertiary alicyclic amines) is 1. The van der Waals surface area contributed by atoms with Crippen LogP contribution >= 0.6 is 0 Å². The Morgan fingerprint density at radius 1 is 1.20 bits per heavy atom. The van der Waals surface area contributed by atoms with Gasteiger partial charge in [0, 0.05) is 19.6 Å². The van der Waals surface area contributed by atoms with Gasteiger partial charge in [0.2, 0.25) is 5.91 Å². The first kappa shape index (κ1) is 15.0. The Morgan fingerprint density at radius 3 is 2.25 bits per heavy atom. The van der Waals surface area contributed by atoms with Crippen molar-refractivity contribution in [2.45, 2.75) is 46.1 Å². The van der Waals surface area contributed by atoms with E-state index in [-0.39, 0.29) is 5.91 Å². The fourth-order valence-corrected chi connectivity index (χ4v) is 2.73. The molecular weight excluding hydrogens is 248 g/mol. The summed E-state index contributed by atoms with van der Waals surface area (Å²) in [5, 5.41) is 0. The van der Waals surface area contributed by atoms with Gasteiger partial charge in [-0.05, 0) is 29.4 Å². The first-order chi connectivity index (χ1) is 9.56. The van der Waals surface area contributed by atoms with Crippen LogP contribution in [0.2, 0.25) is 0 Å². The highest BCUT2D eigenvalue weighted by Crippen LogP contribution is 2.33. The smallest absolute Gasteiger partial charge is 0.226 e. The molecule has 3 nitrogen and oxygen atoms in total. The zero-order valence-electron chi connectivity index (χ0n) is 12.7. The molecule has 0 radical (unpaired) electrons. The molecule has 1 aliphatic rings. The Balaban J connectivity index is 1.89. The van der Waals surface area contributed by atoms with Crippen LogP contribution in [0.25, 0.3) is 0 Å². The van der Waals surface area contributed by atoms with Gasteiger partial charge < -0.3 is 10.6 Å². The Bertz CT molecular complexity index is 445. The van der Waals surface area contributed by atoms with Crippen molar-refractivity contribution in [1.82, 2.24) is 4.90 Å². The molecule has 20 heavy (non-hydrogen) atoms. The SMILES string of the molecule is CCC1(C)CCN(C(=O)Cc2ccc(CN)cc2)CC1. The van der Waals surface area contributed by atoms with E-state index in [4.69, 9.17) is 5.73 Å². The third kappa shape index (κ3) is 3.60. The lowest BCUT2D eigenvalue weighted by atomic mass is 9.78. The molecule has 2 N–H and O–H groups in total. The first-order valence-corrected chi connectivity index (χ1v) is 7.62. The van der Waals surface area contributed by atoms with Crippen LogP contribution in [0.3, 0.4) is 0 Å². The summed E-state index contributed by atoms with van der Waals surface area (Å²) in [6.45, 7) is 6.95. The summed E-state index contributed by atoms with van der Waals surface area (Å²) in [5.41, 5.74) is 8.20. The van der Waals surface area contributed by atoms with Gasteiger partial charge in [-0.25, -0.2) is 0 Å². The first-order valence-electron chi connectivity index (χ1n) is 7.62. The summed E-state index contributed by atoms with van der Waals surface area (Å²) < 4.78 is 0. The normalized spacial score (nSPS) is 18.1. The molecule has 110 valence electrons. The minimum atomic E-state index is 0.253. The van der Waals surface area contributed by atoms with Gasteiger partial charge in [-0.1, -0.05) is 44.5 Å². The molecule has 1 fully saturated rings. The van der Waals surface area contributed by atoms with E-state index in [0.29, 0.717) is 18.4 Å². The summed E-state index contributed by atoms with van der Waals surface area (Å²) in [7, 11) is 0. The van der Waals surface area contributed by atoms with Crippen molar-refractivity contribution in [2.24, 2.45) is 11.1 Å². The molecule has 1 aromatic carbocycles. The predicted octanol–water partition coefficient (Wildman–Crippen LogP) is 2.73. The van der Waals surface area contributed by atoms with Crippen LogP contribution in [-0.2, 0) is 17.8 Å². The van der Waals surface area contributed by atoms with Crippen LogP contribution in [-0.4, -0.2) is 23.9 Å². The predicted molar refractivity (Wildman–Crippen MR) is 82.2 cm³/mol. The van der Waals surface area contributed by atoms with Gasteiger partial charge in [-0.2, -0.15) is 0 Å². The molecule has 1 amide bonds. The van der Waals surface area contributed by atoms with Gasteiger partial charge in [0.25, 0.3) is 0 Å². The van der Waals surface area contributed by atoms with E-state index < -0.39 is 0 Å². The van der Waals surface area contributed by atoms with Crippen LogP contribution in [0.4, 0.5) is 0 Å². The number of rotatable bonds is 4. The Morgan fingerprint density at radius 2 is 1.75 bits per heavy atom. The van der Waals surface area contributed by atoms with Crippen molar-refractivity contribution in [3.8, 4) is 0 Å². The zero-order chi connectivity index (χ0) is 14.6. The Hall–Kier alpha value is -1.35. The lowest BCUT2D eigenvalue weighted by Gasteiger charge is -2.39. The minimum Gasteiger partial charge on any atom is -0.342 e. The molecule has 0 unspecified atom stereocenters. The molecule has 0 atom stereocenters. The minimum absolute atomic E-state index is 0.253. The Labute approximate surface area is 122 Å². The Kier molecular flexibility index (Phi) is 4.81. The van der Waals surface area contributed by atoms with Crippen LogP contribution < -0.4 is 5.73 Å². The molecule has 0 spiro atoms. The third-order valence-corrected chi connectivity index (χ3v) is 4.79. The quantitative estimate of drug-likeness (QED) is 0.917. The van der Waals surface area contributed by atoms with E-state index in [1.165, 1.54) is 6.42 Å². The molecule has 1 aromatic rings. The number of piperidine rings is 1. The van der Waals surface area contributed by atoms with Crippen molar-refractivity contribution in [2.75, 3.05) is 13.1 Å². The molecule has 2 rings (SSSR count). The summed E-state index contributed by atoms with van der Waals surface area (Å²) >= 11 is 0. The van der Waals surface area contributed by atoms with Crippen LogP contribution in [0, 0.1) is 5.41 Å². The number of nitrogens with zero attached hydrogens (tertiary/aromatic N) is 1. The van der Waals surface area contributed by atoms with Gasteiger partial charge in [0.05, 0.1) is 6.42 Å².